The quantitative estimate of drug-likeness (QED) is 0.104. The Morgan fingerprint density at radius 2 is 0.800 bits per heavy atom. The van der Waals surface area contributed by atoms with Crippen molar-refractivity contribution in [1.82, 2.24) is 9.97 Å². The Hall–Kier alpha value is -5.70. The van der Waals surface area contributed by atoms with E-state index in [9.17, 15) is 0 Å². The maximum Gasteiger partial charge on any atom is 0.166 e. The van der Waals surface area contributed by atoms with E-state index in [1.165, 1.54) is 12.1 Å². The number of hydrogen-bond donors (Lipinski definition) is 0. The van der Waals surface area contributed by atoms with Crippen molar-refractivity contribution in [2.75, 3.05) is 0 Å². The van der Waals surface area contributed by atoms with Crippen LogP contribution in [0.25, 0.3) is 96.0 Å². The number of halogens is 4. The summed E-state index contributed by atoms with van der Waals surface area (Å²) in [6, 6.07) is 28.8. The summed E-state index contributed by atoms with van der Waals surface area (Å²) < 4.78 is 65.0. The molecule has 238 valence electrons. The van der Waals surface area contributed by atoms with Crippen molar-refractivity contribution in [3.63, 3.8) is 0 Å². The standard InChI is InChI=1S/C42H20F4N2S2/c43-31-17-25(21-5-9-47-10-6-21)15-29(41(31)45)27-13-23-1-3-33-39-37(23)35(19-27)50-34-4-2-24-14-28(20-36(49-33)38(24)40(34)39)30-16-26(18-32(44)42(30)46)22-7-11-48-12-8-22/h1-20H. The van der Waals surface area contributed by atoms with Crippen molar-refractivity contribution >= 4 is 63.0 Å². The van der Waals surface area contributed by atoms with Gasteiger partial charge in [-0.1, -0.05) is 12.1 Å². The zero-order chi connectivity index (χ0) is 33.7. The number of benzene rings is 6. The van der Waals surface area contributed by atoms with Gasteiger partial charge < -0.3 is 0 Å². The minimum atomic E-state index is -0.909. The van der Waals surface area contributed by atoms with Crippen molar-refractivity contribution in [1.29, 1.82) is 0 Å². The van der Waals surface area contributed by atoms with Gasteiger partial charge in [0.1, 0.15) is 0 Å². The number of pyridine rings is 2. The Morgan fingerprint density at radius 1 is 0.380 bits per heavy atom. The number of nitrogens with zero attached hydrogens (tertiary/aromatic N) is 2. The number of hydrogen-bond acceptors (Lipinski definition) is 4. The average Bonchev–Trinajstić information content (AvgIpc) is 3.15. The first-order chi connectivity index (χ1) is 24.4. The highest BCUT2D eigenvalue weighted by atomic mass is 32.1. The van der Waals surface area contributed by atoms with Crippen LogP contribution < -0.4 is 0 Å². The second-order valence-corrected chi connectivity index (χ2v) is 14.5. The van der Waals surface area contributed by atoms with Crippen LogP contribution in [-0.4, -0.2) is 9.97 Å². The molecular weight excluding hydrogens is 673 g/mol. The van der Waals surface area contributed by atoms with Gasteiger partial charge >= 0.3 is 0 Å². The van der Waals surface area contributed by atoms with E-state index in [2.05, 4.69) is 22.1 Å². The summed E-state index contributed by atoms with van der Waals surface area (Å²) in [4.78, 5) is 8.09. The molecule has 0 N–H and O–H groups in total. The first-order valence-corrected chi connectivity index (χ1v) is 17.4. The smallest absolute Gasteiger partial charge is 0.166 e. The third-order valence-electron chi connectivity index (χ3n) is 9.48. The molecule has 6 aromatic carbocycles. The van der Waals surface area contributed by atoms with Gasteiger partial charge in [-0.05, 0) is 129 Å². The Bertz CT molecular complexity index is 2720. The van der Waals surface area contributed by atoms with Crippen molar-refractivity contribution in [2.24, 2.45) is 0 Å². The van der Waals surface area contributed by atoms with Crippen LogP contribution in [0.1, 0.15) is 0 Å². The molecule has 2 aromatic heterocycles. The molecule has 2 nitrogen and oxygen atoms in total. The molecule has 2 aliphatic rings. The van der Waals surface area contributed by atoms with E-state index in [0.717, 1.165) is 62.6 Å². The fraction of sp³-hybridized carbons (Fsp3) is 0. The van der Waals surface area contributed by atoms with Crippen LogP contribution in [0.15, 0.2) is 122 Å². The van der Waals surface area contributed by atoms with Crippen LogP contribution in [0.2, 0.25) is 0 Å². The van der Waals surface area contributed by atoms with Gasteiger partial charge in [-0.3, -0.25) is 9.97 Å². The minimum absolute atomic E-state index is 0.193. The predicted molar refractivity (Wildman–Crippen MR) is 197 cm³/mol. The number of aromatic nitrogens is 2. The first-order valence-electron chi connectivity index (χ1n) is 15.8. The molecule has 2 aliphatic heterocycles. The Labute approximate surface area is 290 Å². The van der Waals surface area contributed by atoms with Crippen molar-refractivity contribution in [3.8, 4) is 55.6 Å². The SMILES string of the molecule is Fc1cc(-c2ccncc2)cc(-c2cc3ccc4sc5cc(-c6cc(-c7ccncc7)cc(F)c6F)cc6ccc7sc(c2)c3c4-c7c65)c1F. The lowest BCUT2D eigenvalue weighted by Gasteiger charge is -2.22. The molecule has 0 fully saturated rings. The fourth-order valence-electron chi connectivity index (χ4n) is 7.21. The molecule has 0 radical (unpaired) electrons. The average molecular weight is 693 g/mol. The monoisotopic (exact) mass is 692 g/mol. The van der Waals surface area contributed by atoms with E-state index in [-0.39, 0.29) is 11.1 Å². The molecule has 0 bridgehead atoms. The molecule has 8 aromatic rings. The Kier molecular flexibility index (Phi) is 6.37. The minimum Gasteiger partial charge on any atom is -0.265 e. The molecule has 0 saturated heterocycles. The van der Waals surface area contributed by atoms with Gasteiger partial charge in [0.2, 0.25) is 0 Å². The van der Waals surface area contributed by atoms with Crippen molar-refractivity contribution < 1.29 is 17.6 Å². The summed E-state index contributed by atoms with van der Waals surface area (Å²) in [6.45, 7) is 0. The van der Waals surface area contributed by atoms with E-state index >= 15 is 17.6 Å². The molecule has 0 atom stereocenters. The van der Waals surface area contributed by atoms with Crippen molar-refractivity contribution in [2.45, 2.75) is 0 Å². The van der Waals surface area contributed by atoms with Crippen LogP contribution in [0.5, 0.6) is 0 Å². The van der Waals surface area contributed by atoms with Crippen LogP contribution in [-0.2, 0) is 0 Å². The van der Waals surface area contributed by atoms with Crippen LogP contribution in [0.4, 0.5) is 17.6 Å². The molecule has 0 spiro atoms. The molecule has 10 rings (SSSR count). The lowest BCUT2D eigenvalue weighted by Crippen LogP contribution is -1.96. The summed E-state index contributed by atoms with van der Waals surface area (Å²) >= 11 is 3.20. The number of rotatable bonds is 4. The second kappa shape index (κ2) is 10.9. The van der Waals surface area contributed by atoms with Gasteiger partial charge in [0.25, 0.3) is 0 Å². The predicted octanol–water partition coefficient (Wildman–Crippen LogP) is 13.0. The summed E-state index contributed by atoms with van der Waals surface area (Å²) in [7, 11) is 0. The van der Waals surface area contributed by atoms with Crippen LogP contribution >= 0.6 is 22.7 Å². The van der Waals surface area contributed by atoms with E-state index in [1.54, 1.807) is 83.9 Å². The van der Waals surface area contributed by atoms with Crippen LogP contribution in [0, 0.1) is 23.3 Å². The topological polar surface area (TPSA) is 25.8 Å². The third-order valence-corrected chi connectivity index (χ3v) is 11.7. The largest absolute Gasteiger partial charge is 0.265 e. The second-order valence-electron chi connectivity index (χ2n) is 12.3. The van der Waals surface area contributed by atoms with Gasteiger partial charge in [0, 0.05) is 76.6 Å². The molecular formula is C42H20F4N2S2. The summed E-state index contributed by atoms with van der Waals surface area (Å²) in [5.41, 5.74) is 6.40. The molecule has 0 aliphatic carbocycles. The lowest BCUT2D eigenvalue weighted by molar-refractivity contribution is 0.511. The zero-order valence-corrected chi connectivity index (χ0v) is 27.4. The highest BCUT2D eigenvalue weighted by Crippen LogP contribution is 2.53. The maximum atomic E-state index is 15.5. The van der Waals surface area contributed by atoms with E-state index in [4.69, 9.17) is 0 Å². The lowest BCUT2D eigenvalue weighted by atomic mass is 9.90. The van der Waals surface area contributed by atoms with Gasteiger partial charge in [0.05, 0.1) is 0 Å². The van der Waals surface area contributed by atoms with Gasteiger partial charge in [0.15, 0.2) is 23.3 Å². The summed E-state index contributed by atoms with van der Waals surface area (Å²) in [5, 5.41) is 3.96. The fourth-order valence-corrected chi connectivity index (χ4v) is 9.59. The van der Waals surface area contributed by atoms with E-state index in [0.29, 0.717) is 22.3 Å². The van der Waals surface area contributed by atoms with E-state index in [1.807, 2.05) is 36.4 Å². The maximum absolute atomic E-state index is 15.5. The highest BCUT2D eigenvalue weighted by Gasteiger charge is 2.25. The van der Waals surface area contributed by atoms with E-state index < -0.39 is 23.3 Å². The first kappa shape index (κ1) is 29.2. The third kappa shape index (κ3) is 4.38. The summed E-state index contributed by atoms with van der Waals surface area (Å²) in [6.07, 6.45) is 6.50. The van der Waals surface area contributed by atoms with Gasteiger partial charge in [-0.25, -0.2) is 17.6 Å². The van der Waals surface area contributed by atoms with Crippen molar-refractivity contribution in [3.05, 3.63) is 145 Å². The molecule has 4 heterocycles. The molecule has 0 unspecified atom stereocenters. The molecule has 0 saturated carbocycles. The normalized spacial score (nSPS) is 12.0. The Balaban J connectivity index is 1.18. The Morgan fingerprint density at radius 3 is 1.22 bits per heavy atom. The molecule has 50 heavy (non-hydrogen) atoms. The van der Waals surface area contributed by atoms with Gasteiger partial charge in [-0.15, -0.1) is 22.7 Å². The highest BCUT2D eigenvalue weighted by molar-refractivity contribution is 7.27. The van der Waals surface area contributed by atoms with Crippen LogP contribution in [0.3, 0.4) is 0 Å². The van der Waals surface area contributed by atoms with Gasteiger partial charge in [-0.2, -0.15) is 0 Å². The molecule has 8 heteroatoms. The zero-order valence-electron chi connectivity index (χ0n) is 25.8. The summed E-state index contributed by atoms with van der Waals surface area (Å²) in [5.74, 6) is -3.60. The molecule has 0 amide bonds.